The minimum absolute atomic E-state index is 0.180. The molecule has 0 heterocycles. The van der Waals surface area contributed by atoms with Crippen molar-refractivity contribution in [1.29, 1.82) is 0 Å². The average molecular weight is 445 g/mol. The van der Waals surface area contributed by atoms with E-state index in [2.05, 4.69) is 5.16 Å². The molecule has 0 unspecified atom stereocenters. The third-order valence-electron chi connectivity index (χ3n) is 4.42. The maximum Gasteiger partial charge on any atom is 0.647 e. The molecule has 0 saturated heterocycles. The summed E-state index contributed by atoms with van der Waals surface area (Å²) in [6, 6.07) is 33.1. The van der Waals surface area contributed by atoms with Crippen molar-refractivity contribution >= 4 is 13.5 Å². The van der Waals surface area contributed by atoms with Crippen molar-refractivity contribution in [2.45, 2.75) is 0 Å². The number of para-hydroxylation sites is 3. The number of hydrogen-bond donors (Lipinski definition) is 1. The lowest BCUT2D eigenvalue weighted by molar-refractivity contribution is 0.297. The summed E-state index contributed by atoms with van der Waals surface area (Å²) in [5, 5.41) is 13.2. The predicted molar refractivity (Wildman–Crippen MR) is 123 cm³/mol. The van der Waals surface area contributed by atoms with E-state index in [4.69, 9.17) is 13.6 Å². The van der Waals surface area contributed by atoms with E-state index in [9.17, 15) is 9.77 Å². The number of phosphoric acid groups is 1. The molecule has 7 heteroatoms. The average Bonchev–Trinajstić information content (AvgIpc) is 2.82. The van der Waals surface area contributed by atoms with Crippen LogP contribution >= 0.6 is 7.82 Å². The van der Waals surface area contributed by atoms with E-state index in [0.29, 0.717) is 22.6 Å². The van der Waals surface area contributed by atoms with Crippen molar-refractivity contribution in [3.63, 3.8) is 0 Å². The molecule has 0 aromatic heterocycles. The van der Waals surface area contributed by atoms with Gasteiger partial charge in [0.05, 0.1) is 0 Å². The highest BCUT2D eigenvalue weighted by molar-refractivity contribution is 7.49. The first kappa shape index (κ1) is 21.2. The largest absolute Gasteiger partial charge is 0.647 e. The van der Waals surface area contributed by atoms with Crippen LogP contribution in [0.25, 0.3) is 0 Å². The van der Waals surface area contributed by atoms with E-state index in [1.165, 1.54) is 0 Å². The molecule has 160 valence electrons. The van der Waals surface area contributed by atoms with Gasteiger partial charge >= 0.3 is 7.82 Å². The zero-order chi connectivity index (χ0) is 22.2. The number of oxime groups is 1. The van der Waals surface area contributed by atoms with Gasteiger partial charge in [0.25, 0.3) is 0 Å². The van der Waals surface area contributed by atoms with Gasteiger partial charge in [-0.1, -0.05) is 84.0 Å². The number of rotatable bonds is 8. The molecule has 0 bridgehead atoms. The van der Waals surface area contributed by atoms with Gasteiger partial charge in [-0.05, 0) is 36.4 Å². The van der Waals surface area contributed by atoms with Crippen LogP contribution in [0.3, 0.4) is 0 Å². The van der Waals surface area contributed by atoms with Crippen molar-refractivity contribution in [3.8, 4) is 17.2 Å². The quantitative estimate of drug-likeness (QED) is 0.144. The first-order valence-corrected chi connectivity index (χ1v) is 11.3. The third kappa shape index (κ3) is 5.17. The second kappa shape index (κ2) is 9.86. The molecule has 4 rings (SSSR count). The number of hydrogen-bond acceptors (Lipinski definition) is 6. The zero-order valence-electron chi connectivity index (χ0n) is 16.9. The van der Waals surface area contributed by atoms with Crippen LogP contribution in [-0.4, -0.2) is 10.9 Å². The van der Waals surface area contributed by atoms with Crippen molar-refractivity contribution in [1.82, 2.24) is 0 Å². The van der Waals surface area contributed by atoms with Crippen LogP contribution in [-0.2, 0) is 4.57 Å². The molecule has 0 saturated carbocycles. The second-order valence-corrected chi connectivity index (χ2v) is 8.10. The summed E-state index contributed by atoms with van der Waals surface area (Å²) in [6.07, 6.45) is 0. The fourth-order valence-electron chi connectivity index (χ4n) is 3.00. The Morgan fingerprint density at radius 1 is 0.625 bits per heavy atom. The van der Waals surface area contributed by atoms with Gasteiger partial charge in [-0.3, -0.25) is 0 Å². The monoisotopic (exact) mass is 445 g/mol. The van der Waals surface area contributed by atoms with E-state index in [-0.39, 0.29) is 11.5 Å². The van der Waals surface area contributed by atoms with Crippen LogP contribution in [0.2, 0.25) is 0 Å². The Bertz CT molecular complexity index is 1190. The summed E-state index contributed by atoms with van der Waals surface area (Å²) >= 11 is 0. The van der Waals surface area contributed by atoms with Crippen LogP contribution in [0.4, 0.5) is 0 Å². The first-order chi connectivity index (χ1) is 15.7. The highest BCUT2D eigenvalue weighted by Gasteiger charge is 2.34. The van der Waals surface area contributed by atoms with E-state index >= 15 is 0 Å². The van der Waals surface area contributed by atoms with E-state index in [0.717, 1.165) is 0 Å². The molecule has 4 aromatic carbocycles. The molecule has 0 aliphatic heterocycles. The normalized spacial score (nSPS) is 11.6. The van der Waals surface area contributed by atoms with Gasteiger partial charge in [0.15, 0.2) is 0 Å². The van der Waals surface area contributed by atoms with E-state index in [1.54, 1.807) is 84.9 Å². The molecule has 0 fully saturated rings. The summed E-state index contributed by atoms with van der Waals surface area (Å²) in [5.41, 5.74) is 1.34. The van der Waals surface area contributed by atoms with Gasteiger partial charge in [-0.15, -0.1) is 0 Å². The Morgan fingerprint density at radius 3 is 1.62 bits per heavy atom. The third-order valence-corrected chi connectivity index (χ3v) is 5.71. The number of phosphoric ester groups is 1. The summed E-state index contributed by atoms with van der Waals surface area (Å²) in [5.74, 6) is 0.825. The minimum Gasteiger partial charge on any atom is -0.410 e. The number of nitrogens with zero attached hydrogens (tertiary/aromatic N) is 1. The van der Waals surface area contributed by atoms with E-state index in [1.807, 2.05) is 30.3 Å². The molecular weight excluding hydrogens is 425 g/mol. The van der Waals surface area contributed by atoms with Crippen molar-refractivity contribution in [2.24, 2.45) is 5.16 Å². The molecule has 32 heavy (non-hydrogen) atoms. The van der Waals surface area contributed by atoms with Crippen molar-refractivity contribution < 1.29 is 23.3 Å². The molecular formula is C25H20NO5P. The highest BCUT2D eigenvalue weighted by atomic mass is 31.2. The van der Waals surface area contributed by atoms with E-state index < -0.39 is 7.82 Å². The molecule has 0 aliphatic rings. The van der Waals surface area contributed by atoms with Crippen LogP contribution in [0, 0.1) is 0 Å². The maximum atomic E-state index is 13.8. The summed E-state index contributed by atoms with van der Waals surface area (Å²) in [7, 11) is -4.19. The fraction of sp³-hybridized carbons (Fsp3) is 0. The molecule has 0 aliphatic carbocycles. The summed E-state index contributed by atoms with van der Waals surface area (Å²) in [6.45, 7) is 0. The molecule has 0 radical (unpaired) electrons. The smallest absolute Gasteiger partial charge is 0.410 e. The first-order valence-electron chi connectivity index (χ1n) is 9.83. The second-order valence-electron chi connectivity index (χ2n) is 6.66. The molecule has 6 nitrogen and oxygen atoms in total. The maximum absolute atomic E-state index is 13.8. The lowest BCUT2D eigenvalue weighted by atomic mass is 10.0. The fourth-order valence-corrected chi connectivity index (χ4v) is 4.27. The minimum atomic E-state index is -4.19. The molecule has 1 N–H and O–H groups in total. The summed E-state index contributed by atoms with van der Waals surface area (Å²) in [4.78, 5) is 0. The Balaban J connectivity index is 1.72. The standard InChI is InChI=1S/C25H20NO5P/c27-26-25(20-12-4-1-5-13-20)23-18-10-11-19-24(23)31-32(28,29-21-14-6-2-7-15-21)30-22-16-8-3-9-17-22/h1-19,27H. The van der Waals surface area contributed by atoms with Crippen molar-refractivity contribution in [2.75, 3.05) is 0 Å². The lowest BCUT2D eigenvalue weighted by Crippen LogP contribution is -2.11. The van der Waals surface area contributed by atoms with Gasteiger partial charge in [0.2, 0.25) is 0 Å². The van der Waals surface area contributed by atoms with Crippen LogP contribution in [0.15, 0.2) is 120 Å². The van der Waals surface area contributed by atoms with Gasteiger partial charge in [0.1, 0.15) is 23.0 Å². The van der Waals surface area contributed by atoms with Gasteiger partial charge < -0.3 is 18.8 Å². The van der Waals surface area contributed by atoms with Gasteiger partial charge in [0, 0.05) is 11.1 Å². The molecule has 0 amide bonds. The number of benzene rings is 4. The predicted octanol–water partition coefficient (Wildman–Crippen LogP) is 6.56. The Hall–Kier alpha value is -4.02. The Kier molecular flexibility index (Phi) is 6.54. The van der Waals surface area contributed by atoms with Gasteiger partial charge in [-0.2, -0.15) is 4.57 Å². The molecule has 0 atom stereocenters. The van der Waals surface area contributed by atoms with Crippen LogP contribution in [0.1, 0.15) is 11.1 Å². The lowest BCUT2D eigenvalue weighted by Gasteiger charge is -2.21. The topological polar surface area (TPSA) is 77.4 Å². The van der Waals surface area contributed by atoms with Crippen molar-refractivity contribution in [3.05, 3.63) is 126 Å². The molecule has 4 aromatic rings. The van der Waals surface area contributed by atoms with Gasteiger partial charge in [-0.25, -0.2) is 0 Å². The van der Waals surface area contributed by atoms with Crippen LogP contribution < -0.4 is 13.6 Å². The Labute approximate surface area is 186 Å². The Morgan fingerprint density at radius 2 is 1.09 bits per heavy atom. The SMILES string of the molecule is O=P(Oc1ccccc1)(Oc1ccccc1)Oc1ccccc1C(=NO)c1ccccc1. The van der Waals surface area contributed by atoms with Crippen LogP contribution in [0.5, 0.6) is 17.2 Å². The summed E-state index contributed by atoms with van der Waals surface area (Å²) < 4.78 is 31.0. The highest BCUT2D eigenvalue weighted by Crippen LogP contribution is 2.50. The molecule has 0 spiro atoms. The zero-order valence-corrected chi connectivity index (χ0v) is 17.8.